The topological polar surface area (TPSA) is 83.8 Å². The van der Waals surface area contributed by atoms with E-state index in [2.05, 4.69) is 4.65 Å². The predicted octanol–water partition coefficient (Wildman–Crippen LogP) is -0.562. The lowest BCUT2D eigenvalue weighted by atomic mass is 10.2. The minimum absolute atomic E-state index is 0.0758. The van der Waals surface area contributed by atoms with Gasteiger partial charge in [-0.05, 0) is 12.1 Å². The fraction of sp³-hybridized carbons (Fsp3) is 0.143. The molecule has 0 aromatic heterocycles. The maximum atomic E-state index is 11.2. The first-order valence-corrected chi connectivity index (χ1v) is 5.62. The van der Waals surface area contributed by atoms with Crippen LogP contribution in [0.15, 0.2) is 29.2 Å². The molecule has 0 amide bonds. The monoisotopic (exact) mass is 216 g/mol. The Labute approximate surface area is 82.1 Å². The first-order valence-electron chi connectivity index (χ1n) is 3.73. The molecule has 7 heteroatoms. The van der Waals surface area contributed by atoms with Crippen LogP contribution in [0.2, 0.25) is 0 Å². The normalized spacial score (nSPS) is 11.1. The van der Waals surface area contributed by atoms with Crippen molar-refractivity contribution in [3.05, 3.63) is 24.3 Å². The first-order chi connectivity index (χ1) is 6.41. The molecule has 0 spiro atoms. The average molecular weight is 216 g/mol. The summed E-state index contributed by atoms with van der Waals surface area (Å²) in [5.74, 6) is -0.0787. The summed E-state index contributed by atoms with van der Waals surface area (Å²) in [6, 6.07) is 5.72. The Bertz CT molecular complexity index is 414. The van der Waals surface area contributed by atoms with E-state index < -0.39 is 17.2 Å². The Morgan fingerprint density at radius 1 is 1.29 bits per heavy atom. The maximum absolute atomic E-state index is 11.2. The zero-order valence-electron chi connectivity index (χ0n) is 7.41. The molecule has 0 atom stereocenters. The van der Waals surface area contributed by atoms with Crippen LogP contribution in [0.4, 0.5) is 0 Å². The minimum atomic E-state index is -3.43. The highest BCUT2D eigenvalue weighted by molar-refractivity contribution is 7.90. The smallest absolute Gasteiger partial charge is 0.511 e. The average Bonchev–Trinajstić information content (AvgIpc) is 2.01. The van der Waals surface area contributed by atoms with Gasteiger partial charge in [-0.3, -0.25) is 0 Å². The Balaban J connectivity index is 3.17. The van der Waals surface area contributed by atoms with E-state index in [9.17, 15) is 8.42 Å². The largest absolute Gasteiger partial charge is 0.707 e. The number of rotatable bonds is 3. The summed E-state index contributed by atoms with van der Waals surface area (Å²) in [6.07, 6.45) is 1.01. The summed E-state index contributed by atoms with van der Waals surface area (Å²) >= 11 is 0. The van der Waals surface area contributed by atoms with Crippen LogP contribution in [0, 0.1) is 0 Å². The Morgan fingerprint density at radius 2 is 1.86 bits per heavy atom. The van der Waals surface area contributed by atoms with E-state index in [-0.39, 0.29) is 10.6 Å². The van der Waals surface area contributed by atoms with Crippen LogP contribution in [0.25, 0.3) is 0 Å². The number of benzene rings is 1. The summed E-state index contributed by atoms with van der Waals surface area (Å²) in [7, 11) is -5.46. The molecule has 0 bridgehead atoms. The fourth-order valence-electron chi connectivity index (χ4n) is 0.967. The number of para-hydroxylation sites is 1. The van der Waals surface area contributed by atoms with Crippen LogP contribution in [0.3, 0.4) is 0 Å². The lowest BCUT2D eigenvalue weighted by Gasteiger charge is -2.08. The van der Waals surface area contributed by atoms with Gasteiger partial charge >= 0.3 is 7.32 Å². The molecule has 0 fully saturated rings. The minimum Gasteiger partial charge on any atom is -0.511 e. The molecule has 0 radical (unpaired) electrons. The molecule has 1 rings (SSSR count). The van der Waals surface area contributed by atoms with E-state index in [1.54, 1.807) is 0 Å². The number of hydrogen-bond donors (Lipinski definition) is 2. The van der Waals surface area contributed by atoms with E-state index in [0.29, 0.717) is 0 Å². The lowest BCUT2D eigenvalue weighted by Crippen LogP contribution is -2.21. The fourth-order valence-corrected chi connectivity index (χ4v) is 1.77. The third-order valence-electron chi connectivity index (χ3n) is 1.48. The Hall–Kier alpha value is -1.05. The molecule has 0 aliphatic rings. The second-order valence-electron chi connectivity index (χ2n) is 2.66. The molecule has 1 aromatic carbocycles. The van der Waals surface area contributed by atoms with Gasteiger partial charge in [-0.1, -0.05) is 12.1 Å². The molecule has 2 N–H and O–H groups in total. The van der Waals surface area contributed by atoms with Crippen molar-refractivity contribution in [2.24, 2.45) is 0 Å². The molecular formula is C7H9BO5S. The van der Waals surface area contributed by atoms with Gasteiger partial charge in [0.1, 0.15) is 10.6 Å². The Kier molecular flexibility index (Phi) is 3.15. The summed E-state index contributed by atoms with van der Waals surface area (Å²) < 4.78 is 26.9. The highest BCUT2D eigenvalue weighted by Gasteiger charge is 2.18. The van der Waals surface area contributed by atoms with E-state index in [4.69, 9.17) is 10.0 Å². The standard InChI is InChI=1S/C7H9BO5S/c1-14(11,12)7-5-3-2-4-6(7)13-8(9)10/h2-5,9-10H,1H3. The van der Waals surface area contributed by atoms with Gasteiger partial charge in [-0.2, -0.15) is 0 Å². The zero-order chi connectivity index (χ0) is 10.8. The van der Waals surface area contributed by atoms with E-state index >= 15 is 0 Å². The van der Waals surface area contributed by atoms with Gasteiger partial charge in [0.25, 0.3) is 0 Å². The van der Waals surface area contributed by atoms with Gasteiger partial charge in [0, 0.05) is 6.26 Å². The highest BCUT2D eigenvalue weighted by Crippen LogP contribution is 2.22. The van der Waals surface area contributed by atoms with Crippen LogP contribution in [-0.4, -0.2) is 32.0 Å². The van der Waals surface area contributed by atoms with Crippen molar-refractivity contribution in [2.75, 3.05) is 6.26 Å². The van der Waals surface area contributed by atoms with Crippen LogP contribution in [0.1, 0.15) is 0 Å². The van der Waals surface area contributed by atoms with Gasteiger partial charge in [0.05, 0.1) is 0 Å². The van der Waals surface area contributed by atoms with Crippen molar-refractivity contribution in [3.63, 3.8) is 0 Å². The van der Waals surface area contributed by atoms with Gasteiger partial charge in [-0.25, -0.2) is 8.42 Å². The zero-order valence-corrected chi connectivity index (χ0v) is 8.23. The maximum Gasteiger partial charge on any atom is 0.707 e. The quantitative estimate of drug-likeness (QED) is 0.661. The molecule has 0 saturated heterocycles. The summed E-state index contributed by atoms with van der Waals surface area (Å²) in [4.78, 5) is -0.0758. The molecule has 0 aliphatic carbocycles. The van der Waals surface area contributed by atoms with E-state index in [1.807, 2.05) is 0 Å². The molecular weight excluding hydrogens is 207 g/mol. The third-order valence-corrected chi connectivity index (χ3v) is 2.62. The van der Waals surface area contributed by atoms with E-state index in [1.165, 1.54) is 24.3 Å². The first kappa shape index (κ1) is 11.0. The van der Waals surface area contributed by atoms with Gasteiger partial charge in [-0.15, -0.1) is 0 Å². The molecule has 5 nitrogen and oxygen atoms in total. The van der Waals surface area contributed by atoms with Gasteiger partial charge in [0.2, 0.25) is 0 Å². The summed E-state index contributed by atoms with van der Waals surface area (Å²) in [6.45, 7) is 0. The molecule has 76 valence electrons. The number of hydrogen-bond acceptors (Lipinski definition) is 5. The van der Waals surface area contributed by atoms with Crippen molar-refractivity contribution in [2.45, 2.75) is 4.90 Å². The third kappa shape index (κ3) is 2.73. The molecule has 0 aliphatic heterocycles. The molecule has 1 aromatic rings. The Morgan fingerprint density at radius 3 is 2.36 bits per heavy atom. The summed E-state index contributed by atoms with van der Waals surface area (Å²) in [5, 5.41) is 17.1. The summed E-state index contributed by atoms with van der Waals surface area (Å²) in [5.41, 5.74) is 0. The highest BCUT2D eigenvalue weighted by atomic mass is 32.2. The molecule has 14 heavy (non-hydrogen) atoms. The van der Waals surface area contributed by atoms with E-state index in [0.717, 1.165) is 6.26 Å². The van der Waals surface area contributed by atoms with Crippen molar-refractivity contribution in [1.82, 2.24) is 0 Å². The van der Waals surface area contributed by atoms with Crippen molar-refractivity contribution >= 4 is 17.2 Å². The van der Waals surface area contributed by atoms with Crippen LogP contribution in [0.5, 0.6) is 5.75 Å². The van der Waals surface area contributed by atoms with Crippen LogP contribution < -0.4 is 4.65 Å². The molecule has 0 saturated carbocycles. The lowest BCUT2D eigenvalue weighted by molar-refractivity contribution is 0.285. The second kappa shape index (κ2) is 3.99. The second-order valence-corrected chi connectivity index (χ2v) is 4.65. The molecule has 0 heterocycles. The van der Waals surface area contributed by atoms with Crippen LogP contribution in [-0.2, 0) is 9.84 Å². The van der Waals surface area contributed by atoms with Crippen molar-refractivity contribution in [1.29, 1.82) is 0 Å². The van der Waals surface area contributed by atoms with Gasteiger partial charge in [0.15, 0.2) is 9.84 Å². The van der Waals surface area contributed by atoms with Crippen molar-refractivity contribution in [3.8, 4) is 5.75 Å². The van der Waals surface area contributed by atoms with Gasteiger partial charge < -0.3 is 14.7 Å². The van der Waals surface area contributed by atoms with Crippen molar-refractivity contribution < 1.29 is 23.1 Å². The predicted molar refractivity (Wildman–Crippen MR) is 50.4 cm³/mol. The molecule has 0 unspecified atom stereocenters. The van der Waals surface area contributed by atoms with Crippen LogP contribution >= 0.6 is 0 Å². The number of sulfone groups is 1. The SMILES string of the molecule is CS(=O)(=O)c1ccccc1OB(O)O.